The van der Waals surface area contributed by atoms with Crippen molar-refractivity contribution in [2.24, 2.45) is 0 Å². The normalized spacial score (nSPS) is 8.22. The van der Waals surface area contributed by atoms with Crippen molar-refractivity contribution in [1.82, 2.24) is 0 Å². The van der Waals surface area contributed by atoms with Crippen LogP contribution in [0.15, 0.2) is 27.4 Å². The molecule has 4 heteroatoms. The Morgan fingerprint density at radius 3 is 2.33 bits per heavy atom. The highest BCUT2D eigenvalue weighted by molar-refractivity contribution is 9.11. The van der Waals surface area contributed by atoms with E-state index in [0.717, 1.165) is 9.08 Å². The van der Waals surface area contributed by atoms with Crippen molar-refractivity contribution >= 4 is 31.9 Å². The molecule has 1 N–H and O–H groups in total. The molecule has 9 heavy (non-hydrogen) atoms. The molecule has 1 nitrogen and oxygen atoms in total. The number of halogens is 3. The Hall–Kier alpha value is 0.590. The molecule has 1 rings (SSSR count). The molecule has 50 valence electrons. The maximum Gasteiger partial charge on any atom is 0.247 e. The minimum atomic E-state index is 0. The topological polar surface area (TPSA) is 14.1 Å². The van der Waals surface area contributed by atoms with Crippen molar-refractivity contribution < 1.29 is 22.0 Å². The van der Waals surface area contributed by atoms with Gasteiger partial charge >= 0.3 is 0 Å². The molecule has 1 heterocycles. The molecule has 0 atom stereocenters. The Morgan fingerprint density at radius 1 is 1.33 bits per heavy atom. The summed E-state index contributed by atoms with van der Waals surface area (Å²) in [6.07, 6.45) is 1.86. The lowest BCUT2D eigenvalue weighted by Crippen LogP contribution is -3.00. The predicted octanol–water partition coefficient (Wildman–Crippen LogP) is -0.970. The van der Waals surface area contributed by atoms with E-state index in [-0.39, 0.29) is 17.0 Å². The summed E-state index contributed by atoms with van der Waals surface area (Å²) in [5.74, 6) is 0. The van der Waals surface area contributed by atoms with Gasteiger partial charge in [0.05, 0.1) is 0 Å². The molecule has 0 aliphatic heterocycles. The van der Waals surface area contributed by atoms with Crippen LogP contribution in [0.5, 0.6) is 0 Å². The van der Waals surface area contributed by atoms with Crippen LogP contribution in [0.1, 0.15) is 0 Å². The lowest BCUT2D eigenvalue weighted by Gasteiger charge is -1.80. The van der Waals surface area contributed by atoms with E-state index in [1.165, 1.54) is 0 Å². The van der Waals surface area contributed by atoms with Crippen LogP contribution in [0.4, 0.5) is 0 Å². The summed E-state index contributed by atoms with van der Waals surface area (Å²) in [5, 5.41) is 0. The second-order valence-corrected chi connectivity index (χ2v) is 3.12. The van der Waals surface area contributed by atoms with Crippen molar-refractivity contribution in [3.63, 3.8) is 0 Å². The van der Waals surface area contributed by atoms with Crippen LogP contribution in [0.3, 0.4) is 0 Å². The highest BCUT2D eigenvalue weighted by Gasteiger charge is 1.92. The molecule has 0 amide bonds. The Labute approximate surface area is 80.9 Å². The second kappa shape index (κ2) is 4.41. The zero-order chi connectivity index (χ0) is 5.98. The van der Waals surface area contributed by atoms with E-state index in [9.17, 15) is 0 Å². The van der Waals surface area contributed by atoms with Gasteiger partial charge in [0.15, 0.2) is 6.20 Å². The van der Waals surface area contributed by atoms with Gasteiger partial charge in [0.1, 0.15) is 0 Å². The lowest BCUT2D eigenvalue weighted by molar-refractivity contribution is -0.392. The Morgan fingerprint density at radius 2 is 2.00 bits per heavy atom. The summed E-state index contributed by atoms with van der Waals surface area (Å²) in [7, 11) is 0. The molecule has 0 radical (unpaired) electrons. The van der Waals surface area contributed by atoms with E-state index in [1.54, 1.807) is 0 Å². The fourth-order valence-electron chi connectivity index (χ4n) is 0.412. The standard InChI is InChI=1S/C5H3Br2N.BrH/c6-4-1-2-8-5(7)3-4;/h1-3H;1H. The first-order valence-electron chi connectivity index (χ1n) is 2.12. The van der Waals surface area contributed by atoms with Gasteiger partial charge in [-0.2, -0.15) is 0 Å². The smallest absolute Gasteiger partial charge is 0.247 e. The van der Waals surface area contributed by atoms with Crippen molar-refractivity contribution in [2.75, 3.05) is 0 Å². The third-order valence-corrected chi connectivity index (χ3v) is 1.68. The van der Waals surface area contributed by atoms with E-state index in [0.29, 0.717) is 0 Å². The minimum absolute atomic E-state index is 0. The molecule has 0 fully saturated rings. The van der Waals surface area contributed by atoms with Gasteiger partial charge < -0.3 is 17.0 Å². The number of rotatable bonds is 0. The van der Waals surface area contributed by atoms with Gasteiger partial charge in [-0.05, 0) is 0 Å². The molecule has 0 saturated carbocycles. The first-order valence-corrected chi connectivity index (χ1v) is 3.70. The average Bonchev–Trinajstić information content (AvgIpc) is 1.64. The Bertz CT molecular complexity index is 172. The number of aromatic nitrogens is 1. The summed E-state index contributed by atoms with van der Waals surface area (Å²) in [5.41, 5.74) is 0. The SMILES string of the molecule is Brc1cc[nH+]c(Br)c1.[Br-]. The van der Waals surface area contributed by atoms with Crippen molar-refractivity contribution in [3.05, 3.63) is 27.4 Å². The Kier molecular flexibility index (Phi) is 4.70. The third kappa shape index (κ3) is 3.33. The van der Waals surface area contributed by atoms with Crippen molar-refractivity contribution in [3.8, 4) is 0 Å². The van der Waals surface area contributed by atoms with E-state index in [4.69, 9.17) is 0 Å². The summed E-state index contributed by atoms with van der Waals surface area (Å²) in [6.45, 7) is 0. The molecule has 0 spiro atoms. The number of nitrogens with one attached hydrogen (secondary N) is 1. The summed E-state index contributed by atoms with van der Waals surface area (Å²) < 4.78 is 2.05. The zero-order valence-corrected chi connectivity index (χ0v) is 9.12. The molecule has 0 aliphatic rings. The van der Waals surface area contributed by atoms with Gasteiger partial charge in [-0.25, -0.2) is 4.98 Å². The second-order valence-electron chi connectivity index (χ2n) is 1.35. The first-order chi connectivity index (χ1) is 3.79. The van der Waals surface area contributed by atoms with E-state index in [2.05, 4.69) is 36.8 Å². The molecule has 0 bridgehead atoms. The van der Waals surface area contributed by atoms with Crippen LogP contribution in [0.25, 0.3) is 0 Å². The third-order valence-electron chi connectivity index (χ3n) is 0.728. The number of pyridine rings is 1. The number of H-pyrrole nitrogens is 1. The molecule has 1 aromatic rings. The quantitative estimate of drug-likeness (QED) is 0.547. The van der Waals surface area contributed by atoms with Gasteiger partial charge in [0.2, 0.25) is 4.60 Å². The summed E-state index contributed by atoms with van der Waals surface area (Å²) in [4.78, 5) is 2.96. The van der Waals surface area contributed by atoms with Crippen LogP contribution in [-0.4, -0.2) is 0 Å². The molecular formula is C5H4Br3N. The Balaban J connectivity index is 0.000000640. The molecule has 0 aliphatic carbocycles. The zero-order valence-electron chi connectivity index (χ0n) is 4.37. The van der Waals surface area contributed by atoms with Crippen LogP contribution in [0.2, 0.25) is 0 Å². The predicted molar refractivity (Wildman–Crippen MR) is 38.4 cm³/mol. The highest BCUT2D eigenvalue weighted by Crippen LogP contribution is 2.09. The maximum atomic E-state index is 3.31. The largest absolute Gasteiger partial charge is 1.00 e. The van der Waals surface area contributed by atoms with Crippen LogP contribution < -0.4 is 22.0 Å². The van der Waals surface area contributed by atoms with E-state index in [1.807, 2.05) is 18.3 Å². The average molecular weight is 318 g/mol. The molecule has 1 aromatic heterocycles. The minimum Gasteiger partial charge on any atom is -1.00 e. The van der Waals surface area contributed by atoms with Crippen LogP contribution >= 0.6 is 31.9 Å². The lowest BCUT2D eigenvalue weighted by atomic mass is 10.5. The van der Waals surface area contributed by atoms with E-state index >= 15 is 0 Å². The molecule has 0 saturated heterocycles. The van der Waals surface area contributed by atoms with Crippen LogP contribution in [-0.2, 0) is 0 Å². The maximum absolute atomic E-state index is 3.31. The summed E-state index contributed by atoms with van der Waals surface area (Å²) >= 11 is 6.59. The monoisotopic (exact) mass is 315 g/mol. The highest BCUT2D eigenvalue weighted by atomic mass is 79.9. The number of hydrogen-bond donors (Lipinski definition) is 0. The van der Waals surface area contributed by atoms with Gasteiger partial charge in [0.25, 0.3) is 0 Å². The first kappa shape index (κ1) is 9.59. The van der Waals surface area contributed by atoms with E-state index < -0.39 is 0 Å². The molecular weight excluding hydrogens is 314 g/mol. The molecule has 0 unspecified atom stereocenters. The fraction of sp³-hybridized carbons (Fsp3) is 0. The number of hydrogen-bond acceptors (Lipinski definition) is 0. The number of aromatic amines is 1. The fourth-order valence-corrected chi connectivity index (χ4v) is 1.46. The van der Waals surface area contributed by atoms with Gasteiger partial charge in [-0.3, -0.25) is 0 Å². The van der Waals surface area contributed by atoms with Crippen LogP contribution in [0, 0.1) is 0 Å². The van der Waals surface area contributed by atoms with Crippen molar-refractivity contribution in [1.29, 1.82) is 0 Å². The summed E-state index contributed by atoms with van der Waals surface area (Å²) in [6, 6.07) is 3.88. The van der Waals surface area contributed by atoms with Gasteiger partial charge in [-0.15, -0.1) is 0 Å². The van der Waals surface area contributed by atoms with Gasteiger partial charge in [-0.1, -0.05) is 15.9 Å². The molecule has 0 aromatic carbocycles. The van der Waals surface area contributed by atoms with Crippen molar-refractivity contribution in [2.45, 2.75) is 0 Å². The van der Waals surface area contributed by atoms with Gasteiger partial charge in [0, 0.05) is 32.5 Å².